The van der Waals surface area contributed by atoms with E-state index < -0.39 is 0 Å². The molecule has 7 heteroatoms. The lowest BCUT2D eigenvalue weighted by molar-refractivity contribution is 0.0940. The fourth-order valence-corrected chi connectivity index (χ4v) is 5.14. The molecule has 2 aromatic carbocycles. The molecule has 0 spiro atoms. The van der Waals surface area contributed by atoms with E-state index in [2.05, 4.69) is 17.1 Å². The van der Waals surface area contributed by atoms with Gasteiger partial charge in [0, 0.05) is 18.7 Å². The van der Waals surface area contributed by atoms with Crippen molar-refractivity contribution in [3.8, 4) is 11.5 Å². The maximum atomic E-state index is 12.9. The first kappa shape index (κ1) is 20.1. The number of thiazole rings is 1. The van der Waals surface area contributed by atoms with Gasteiger partial charge in [-0.25, -0.2) is 4.98 Å². The number of nitrogens with zero attached hydrogens (tertiary/aromatic N) is 2. The molecule has 0 bridgehead atoms. The first-order valence-electron chi connectivity index (χ1n) is 10.9. The highest BCUT2D eigenvalue weighted by molar-refractivity contribution is 7.22. The van der Waals surface area contributed by atoms with E-state index in [-0.39, 0.29) is 11.9 Å². The van der Waals surface area contributed by atoms with Crippen molar-refractivity contribution < 1.29 is 14.3 Å². The lowest BCUT2D eigenvalue weighted by Gasteiger charge is -2.29. The van der Waals surface area contributed by atoms with Gasteiger partial charge >= 0.3 is 0 Å². The molecule has 31 heavy (non-hydrogen) atoms. The monoisotopic (exact) mass is 437 g/mol. The minimum atomic E-state index is -0.147. The number of nitrogens with one attached hydrogen (secondary N) is 1. The van der Waals surface area contributed by atoms with Crippen molar-refractivity contribution in [2.75, 3.05) is 31.2 Å². The van der Waals surface area contributed by atoms with Crippen LogP contribution in [0.1, 0.15) is 48.7 Å². The van der Waals surface area contributed by atoms with Crippen LogP contribution < -0.4 is 19.7 Å². The quantitative estimate of drug-likeness (QED) is 0.636. The van der Waals surface area contributed by atoms with Crippen LogP contribution in [0.3, 0.4) is 0 Å². The molecule has 2 aliphatic rings. The summed E-state index contributed by atoms with van der Waals surface area (Å²) in [6.07, 6.45) is 2.42. The Morgan fingerprint density at radius 3 is 2.71 bits per heavy atom. The molecule has 0 aliphatic carbocycles. The molecule has 1 unspecified atom stereocenters. The Hall–Kier alpha value is -2.80. The van der Waals surface area contributed by atoms with E-state index in [1.807, 2.05) is 43.3 Å². The topological polar surface area (TPSA) is 63.7 Å². The standard InChI is InChI=1S/C24H27N3O3S/c1-15-7-9-27(10-8-15)24-26-19-5-3-18(14-22(19)31-24)23(28)25-16(2)17-4-6-20-21(13-17)30-12-11-29-20/h3-6,13-16H,7-12H2,1-2H3,(H,25,28). The number of anilines is 1. The number of ether oxygens (including phenoxy) is 2. The maximum Gasteiger partial charge on any atom is 0.251 e. The Bertz CT molecular complexity index is 1100. The van der Waals surface area contributed by atoms with E-state index in [1.54, 1.807) is 11.3 Å². The van der Waals surface area contributed by atoms with Gasteiger partial charge in [-0.2, -0.15) is 0 Å². The number of amides is 1. The zero-order valence-corrected chi connectivity index (χ0v) is 18.7. The van der Waals surface area contributed by atoms with Gasteiger partial charge < -0.3 is 19.7 Å². The van der Waals surface area contributed by atoms with Crippen molar-refractivity contribution in [2.45, 2.75) is 32.7 Å². The summed E-state index contributed by atoms with van der Waals surface area (Å²) in [5.74, 6) is 2.18. The number of hydrogen-bond donors (Lipinski definition) is 1. The molecule has 2 aliphatic heterocycles. The third kappa shape index (κ3) is 4.19. The number of rotatable bonds is 4. The average Bonchev–Trinajstić information content (AvgIpc) is 3.22. The molecule has 0 saturated carbocycles. The summed E-state index contributed by atoms with van der Waals surface area (Å²) < 4.78 is 12.3. The van der Waals surface area contributed by atoms with Gasteiger partial charge in [0.05, 0.1) is 16.3 Å². The van der Waals surface area contributed by atoms with Gasteiger partial charge in [0.1, 0.15) is 13.2 Å². The van der Waals surface area contributed by atoms with Gasteiger partial charge in [-0.1, -0.05) is 24.3 Å². The van der Waals surface area contributed by atoms with Crippen molar-refractivity contribution in [1.29, 1.82) is 0 Å². The lowest BCUT2D eigenvalue weighted by Crippen LogP contribution is -2.32. The Morgan fingerprint density at radius 1 is 1.13 bits per heavy atom. The molecule has 1 aromatic heterocycles. The number of piperidine rings is 1. The van der Waals surface area contributed by atoms with E-state index in [1.165, 1.54) is 12.8 Å². The normalized spacial score (nSPS) is 17.5. The first-order valence-corrected chi connectivity index (χ1v) is 11.7. The molecule has 1 amide bonds. The van der Waals surface area contributed by atoms with Crippen molar-refractivity contribution in [2.24, 2.45) is 5.92 Å². The maximum absolute atomic E-state index is 12.9. The van der Waals surface area contributed by atoms with Crippen molar-refractivity contribution in [3.63, 3.8) is 0 Å². The second-order valence-corrected chi connectivity index (χ2v) is 9.46. The Labute approximate surface area is 186 Å². The molecule has 3 heterocycles. The number of hydrogen-bond acceptors (Lipinski definition) is 6. The van der Waals surface area contributed by atoms with E-state index in [0.29, 0.717) is 18.8 Å². The van der Waals surface area contributed by atoms with Gasteiger partial charge in [-0.3, -0.25) is 4.79 Å². The predicted molar refractivity (Wildman–Crippen MR) is 124 cm³/mol. The van der Waals surface area contributed by atoms with E-state index in [0.717, 1.165) is 51.4 Å². The lowest BCUT2D eigenvalue weighted by atomic mass is 10.00. The highest BCUT2D eigenvalue weighted by Gasteiger charge is 2.20. The summed E-state index contributed by atoms with van der Waals surface area (Å²) in [4.78, 5) is 20.1. The number of carbonyl (C=O) groups excluding carboxylic acids is 1. The Morgan fingerprint density at radius 2 is 1.90 bits per heavy atom. The third-order valence-corrected chi connectivity index (χ3v) is 7.19. The van der Waals surface area contributed by atoms with Crippen LogP contribution in [0.15, 0.2) is 36.4 Å². The number of carbonyl (C=O) groups is 1. The van der Waals surface area contributed by atoms with Crippen LogP contribution in [0, 0.1) is 5.92 Å². The fourth-order valence-electron chi connectivity index (χ4n) is 4.08. The molecule has 162 valence electrons. The van der Waals surface area contributed by atoms with Crippen LogP contribution in [-0.4, -0.2) is 37.2 Å². The molecular formula is C24H27N3O3S. The molecule has 1 N–H and O–H groups in total. The highest BCUT2D eigenvalue weighted by atomic mass is 32.1. The summed E-state index contributed by atoms with van der Waals surface area (Å²) in [6, 6.07) is 11.4. The third-order valence-electron chi connectivity index (χ3n) is 6.11. The summed E-state index contributed by atoms with van der Waals surface area (Å²) in [7, 11) is 0. The first-order chi connectivity index (χ1) is 15.1. The Balaban J connectivity index is 1.30. The van der Waals surface area contributed by atoms with Gasteiger partial charge in [0.2, 0.25) is 0 Å². The second kappa shape index (κ2) is 8.38. The van der Waals surface area contributed by atoms with Crippen LogP contribution in [-0.2, 0) is 0 Å². The molecule has 6 nitrogen and oxygen atoms in total. The largest absolute Gasteiger partial charge is 0.486 e. The van der Waals surface area contributed by atoms with Gasteiger partial charge in [0.25, 0.3) is 5.91 Å². The van der Waals surface area contributed by atoms with E-state index >= 15 is 0 Å². The SMILES string of the molecule is CC1CCN(c2nc3ccc(C(=O)NC(C)c4ccc5c(c4)OCCO5)cc3s2)CC1. The van der Waals surface area contributed by atoms with Crippen LogP contribution >= 0.6 is 11.3 Å². The molecule has 1 saturated heterocycles. The fraction of sp³-hybridized carbons (Fsp3) is 0.417. The highest BCUT2D eigenvalue weighted by Crippen LogP contribution is 2.34. The van der Waals surface area contributed by atoms with E-state index in [4.69, 9.17) is 14.5 Å². The molecular weight excluding hydrogens is 410 g/mol. The number of fused-ring (bicyclic) bond motifs is 2. The minimum Gasteiger partial charge on any atom is -0.486 e. The summed E-state index contributed by atoms with van der Waals surface area (Å²) in [5, 5.41) is 4.16. The smallest absolute Gasteiger partial charge is 0.251 e. The molecule has 0 radical (unpaired) electrons. The zero-order chi connectivity index (χ0) is 21.4. The van der Waals surface area contributed by atoms with Gasteiger partial charge in [0.15, 0.2) is 16.6 Å². The average molecular weight is 438 g/mol. The van der Waals surface area contributed by atoms with Crippen LogP contribution in [0.25, 0.3) is 10.2 Å². The summed E-state index contributed by atoms with van der Waals surface area (Å²) >= 11 is 1.67. The molecule has 3 aromatic rings. The van der Waals surface area contributed by atoms with Crippen molar-refractivity contribution in [1.82, 2.24) is 10.3 Å². The van der Waals surface area contributed by atoms with Crippen molar-refractivity contribution >= 4 is 32.6 Å². The van der Waals surface area contributed by atoms with Gasteiger partial charge in [-0.05, 0) is 61.6 Å². The molecule has 1 atom stereocenters. The van der Waals surface area contributed by atoms with E-state index in [9.17, 15) is 4.79 Å². The number of aromatic nitrogens is 1. The summed E-state index contributed by atoms with van der Waals surface area (Å²) in [6.45, 7) is 7.51. The molecule has 5 rings (SSSR count). The van der Waals surface area contributed by atoms with Crippen LogP contribution in [0.5, 0.6) is 11.5 Å². The number of benzene rings is 2. The molecule has 1 fully saturated rings. The zero-order valence-electron chi connectivity index (χ0n) is 17.9. The second-order valence-electron chi connectivity index (χ2n) is 8.45. The minimum absolute atomic E-state index is 0.0916. The van der Waals surface area contributed by atoms with Gasteiger partial charge in [-0.15, -0.1) is 0 Å². The van der Waals surface area contributed by atoms with Crippen LogP contribution in [0.2, 0.25) is 0 Å². The van der Waals surface area contributed by atoms with Crippen molar-refractivity contribution in [3.05, 3.63) is 47.5 Å². The predicted octanol–water partition coefficient (Wildman–Crippen LogP) is 4.79. The Kier molecular flexibility index (Phi) is 5.44. The summed E-state index contributed by atoms with van der Waals surface area (Å²) in [5.41, 5.74) is 2.59. The van der Waals surface area contributed by atoms with Crippen LogP contribution in [0.4, 0.5) is 5.13 Å².